The van der Waals surface area contributed by atoms with E-state index in [1.807, 2.05) is 67.6 Å². The van der Waals surface area contributed by atoms with Gasteiger partial charge in [-0.05, 0) is 18.1 Å². The van der Waals surface area contributed by atoms with E-state index < -0.39 is 12.4 Å². The van der Waals surface area contributed by atoms with Crippen LogP contribution in [0.3, 0.4) is 0 Å². The van der Waals surface area contributed by atoms with Crippen molar-refractivity contribution in [3.8, 4) is 0 Å². The molecule has 2 aromatic rings. The van der Waals surface area contributed by atoms with Gasteiger partial charge in [0.25, 0.3) is 0 Å². The molecule has 0 N–H and O–H groups in total. The van der Waals surface area contributed by atoms with Gasteiger partial charge >= 0.3 is 0 Å². The summed E-state index contributed by atoms with van der Waals surface area (Å²) in [6.45, 7) is 7.04. The molecule has 5 nitrogen and oxygen atoms in total. The molecule has 1 heterocycles. The SMILES string of the molecule is C=CCO[C@@H]1[C@@H](OCc2ccccc2)[C@H](C)O[C@@H](OC)[C@@H]1OCc1ccccc1. The molecule has 0 bridgehead atoms. The fourth-order valence-corrected chi connectivity index (χ4v) is 3.47. The van der Waals surface area contributed by atoms with Crippen LogP contribution in [0, 0.1) is 0 Å². The van der Waals surface area contributed by atoms with Gasteiger partial charge in [0.05, 0.1) is 25.9 Å². The largest absolute Gasteiger partial charge is 0.368 e. The lowest BCUT2D eigenvalue weighted by molar-refractivity contribution is -0.311. The molecule has 0 amide bonds. The second-order valence-electron chi connectivity index (χ2n) is 7.05. The molecule has 0 unspecified atom stereocenters. The second-order valence-corrected chi connectivity index (χ2v) is 7.05. The van der Waals surface area contributed by atoms with E-state index >= 15 is 0 Å². The molecule has 2 aromatic carbocycles. The van der Waals surface area contributed by atoms with Gasteiger partial charge in [0, 0.05) is 7.11 Å². The van der Waals surface area contributed by atoms with Crippen molar-refractivity contribution in [2.24, 2.45) is 0 Å². The average Bonchev–Trinajstić information content (AvgIpc) is 2.77. The molecule has 1 aliphatic heterocycles. The lowest BCUT2D eigenvalue weighted by atomic mass is 9.98. The lowest BCUT2D eigenvalue weighted by Crippen LogP contribution is -2.59. The monoisotopic (exact) mass is 398 g/mol. The molecular weight excluding hydrogens is 368 g/mol. The highest BCUT2D eigenvalue weighted by molar-refractivity contribution is 5.14. The Morgan fingerprint density at radius 3 is 1.90 bits per heavy atom. The number of benzene rings is 2. The van der Waals surface area contributed by atoms with Crippen LogP contribution in [0.25, 0.3) is 0 Å². The Morgan fingerprint density at radius 1 is 0.828 bits per heavy atom. The molecule has 1 saturated heterocycles. The summed E-state index contributed by atoms with van der Waals surface area (Å²) in [5.41, 5.74) is 2.17. The van der Waals surface area contributed by atoms with Crippen molar-refractivity contribution in [3.63, 3.8) is 0 Å². The van der Waals surface area contributed by atoms with E-state index in [-0.39, 0.29) is 18.3 Å². The molecule has 0 saturated carbocycles. The molecule has 0 spiro atoms. The van der Waals surface area contributed by atoms with Crippen LogP contribution in [0.5, 0.6) is 0 Å². The summed E-state index contributed by atoms with van der Waals surface area (Å²) < 4.78 is 30.2. The maximum atomic E-state index is 6.25. The molecule has 156 valence electrons. The van der Waals surface area contributed by atoms with Crippen LogP contribution in [-0.2, 0) is 36.9 Å². The Balaban J connectivity index is 1.74. The number of methoxy groups -OCH3 is 1. The van der Waals surface area contributed by atoms with Gasteiger partial charge in [-0.3, -0.25) is 0 Å². The van der Waals surface area contributed by atoms with E-state index in [0.29, 0.717) is 19.8 Å². The summed E-state index contributed by atoms with van der Waals surface area (Å²) in [5, 5.41) is 0. The molecule has 0 aliphatic carbocycles. The van der Waals surface area contributed by atoms with E-state index in [4.69, 9.17) is 23.7 Å². The minimum Gasteiger partial charge on any atom is -0.368 e. The Hall–Kier alpha value is -2.02. The number of hydrogen-bond donors (Lipinski definition) is 0. The summed E-state index contributed by atoms with van der Waals surface area (Å²) >= 11 is 0. The summed E-state index contributed by atoms with van der Waals surface area (Å²) in [6, 6.07) is 20.1. The smallest absolute Gasteiger partial charge is 0.186 e. The molecule has 29 heavy (non-hydrogen) atoms. The molecule has 3 rings (SSSR count). The van der Waals surface area contributed by atoms with Crippen LogP contribution in [0.1, 0.15) is 18.1 Å². The van der Waals surface area contributed by atoms with E-state index in [0.717, 1.165) is 11.1 Å². The van der Waals surface area contributed by atoms with Gasteiger partial charge in [-0.15, -0.1) is 6.58 Å². The van der Waals surface area contributed by atoms with Crippen molar-refractivity contribution < 1.29 is 23.7 Å². The number of ether oxygens (including phenoxy) is 5. The van der Waals surface area contributed by atoms with Crippen LogP contribution >= 0.6 is 0 Å². The van der Waals surface area contributed by atoms with Crippen LogP contribution in [0.15, 0.2) is 73.3 Å². The van der Waals surface area contributed by atoms with Crippen molar-refractivity contribution in [1.82, 2.24) is 0 Å². The number of rotatable bonds is 10. The summed E-state index contributed by atoms with van der Waals surface area (Å²) in [4.78, 5) is 0. The molecule has 5 heteroatoms. The maximum Gasteiger partial charge on any atom is 0.186 e. The van der Waals surface area contributed by atoms with Crippen LogP contribution in [0.2, 0.25) is 0 Å². The highest BCUT2D eigenvalue weighted by Gasteiger charge is 2.46. The standard InChI is InChI=1S/C24H30O5/c1-4-15-26-22-21(27-16-19-11-7-5-8-12-19)18(2)29-24(25-3)23(22)28-17-20-13-9-6-10-14-20/h4-14,18,21-24H,1,15-17H2,2-3H3/t18-,21-,22+,23+,24+/m0/s1. The van der Waals surface area contributed by atoms with Crippen LogP contribution in [0.4, 0.5) is 0 Å². The topological polar surface area (TPSA) is 46.2 Å². The first kappa shape index (κ1) is 21.7. The third-order valence-electron chi connectivity index (χ3n) is 4.94. The Kier molecular flexibility index (Phi) is 8.40. The van der Waals surface area contributed by atoms with E-state index in [9.17, 15) is 0 Å². The molecule has 5 atom stereocenters. The molecule has 0 aromatic heterocycles. The van der Waals surface area contributed by atoms with E-state index in [2.05, 4.69) is 6.58 Å². The molecule has 0 radical (unpaired) electrons. The van der Waals surface area contributed by atoms with Crippen molar-refractivity contribution in [2.45, 2.75) is 50.8 Å². The molecular formula is C24H30O5. The first-order chi connectivity index (χ1) is 14.2. The van der Waals surface area contributed by atoms with Gasteiger partial charge in [0.15, 0.2) is 6.29 Å². The Morgan fingerprint density at radius 2 is 1.38 bits per heavy atom. The lowest BCUT2D eigenvalue weighted by Gasteiger charge is -2.44. The van der Waals surface area contributed by atoms with Crippen LogP contribution < -0.4 is 0 Å². The molecule has 1 aliphatic rings. The van der Waals surface area contributed by atoms with Crippen molar-refractivity contribution in [2.75, 3.05) is 13.7 Å². The Bertz CT molecular complexity index is 721. The van der Waals surface area contributed by atoms with Gasteiger partial charge in [0.1, 0.15) is 18.3 Å². The fourth-order valence-electron chi connectivity index (χ4n) is 3.47. The van der Waals surface area contributed by atoms with Gasteiger partial charge in [0.2, 0.25) is 0 Å². The quantitative estimate of drug-likeness (QED) is 0.564. The van der Waals surface area contributed by atoms with Gasteiger partial charge in [-0.2, -0.15) is 0 Å². The van der Waals surface area contributed by atoms with Gasteiger partial charge in [-0.1, -0.05) is 66.7 Å². The zero-order chi connectivity index (χ0) is 20.5. The third-order valence-corrected chi connectivity index (χ3v) is 4.94. The van der Waals surface area contributed by atoms with Crippen molar-refractivity contribution in [1.29, 1.82) is 0 Å². The zero-order valence-corrected chi connectivity index (χ0v) is 17.1. The van der Waals surface area contributed by atoms with Gasteiger partial charge in [-0.25, -0.2) is 0 Å². The maximum absolute atomic E-state index is 6.25. The summed E-state index contributed by atoms with van der Waals surface area (Å²) in [6.07, 6.45) is -0.117. The summed E-state index contributed by atoms with van der Waals surface area (Å²) in [5.74, 6) is 0. The average molecular weight is 398 g/mol. The predicted octanol–water partition coefficient (Wildman–Crippen LogP) is 4.12. The predicted molar refractivity (Wildman–Crippen MR) is 111 cm³/mol. The molecule has 1 fully saturated rings. The highest BCUT2D eigenvalue weighted by atomic mass is 16.7. The third kappa shape index (κ3) is 5.98. The fraction of sp³-hybridized carbons (Fsp3) is 0.417. The second kappa shape index (κ2) is 11.2. The normalized spacial score (nSPS) is 26.9. The first-order valence-electron chi connectivity index (χ1n) is 9.94. The first-order valence-corrected chi connectivity index (χ1v) is 9.94. The summed E-state index contributed by atoms with van der Waals surface area (Å²) in [7, 11) is 1.62. The highest BCUT2D eigenvalue weighted by Crippen LogP contribution is 2.29. The van der Waals surface area contributed by atoms with E-state index in [1.165, 1.54) is 0 Å². The number of hydrogen-bond acceptors (Lipinski definition) is 5. The van der Waals surface area contributed by atoms with Crippen molar-refractivity contribution >= 4 is 0 Å². The minimum absolute atomic E-state index is 0.213. The zero-order valence-electron chi connectivity index (χ0n) is 17.1. The Labute approximate surface area is 173 Å². The van der Waals surface area contributed by atoms with Gasteiger partial charge < -0.3 is 23.7 Å². The van der Waals surface area contributed by atoms with Crippen molar-refractivity contribution in [3.05, 3.63) is 84.4 Å². The van der Waals surface area contributed by atoms with E-state index in [1.54, 1.807) is 13.2 Å². The van der Waals surface area contributed by atoms with Crippen LogP contribution in [-0.4, -0.2) is 44.4 Å². The minimum atomic E-state index is -0.542.